The molecule has 0 spiro atoms. The number of nitrogens with zero attached hydrogens (tertiary/aromatic N) is 5. The number of carbonyl (C=O) groups excluding carboxylic acids is 1. The summed E-state index contributed by atoms with van der Waals surface area (Å²) in [5.74, 6) is 1.76. The second kappa shape index (κ2) is 9.82. The molecule has 1 aliphatic rings. The smallest absolute Gasteiger partial charge is 0.410 e. The number of hydrogen-bond donors (Lipinski definition) is 1. The van der Waals surface area contributed by atoms with Crippen LogP contribution in [0.15, 0.2) is 48.8 Å². The summed E-state index contributed by atoms with van der Waals surface area (Å²) in [6.07, 6.45) is 1.22. The van der Waals surface area contributed by atoms with Crippen molar-refractivity contribution in [3.63, 3.8) is 0 Å². The number of rotatable bonds is 4. The van der Waals surface area contributed by atoms with E-state index in [1.165, 1.54) is 6.33 Å². The van der Waals surface area contributed by atoms with Gasteiger partial charge < -0.3 is 24.4 Å². The van der Waals surface area contributed by atoms with Gasteiger partial charge in [0.2, 0.25) is 5.88 Å². The Labute approximate surface area is 215 Å². The van der Waals surface area contributed by atoms with Crippen LogP contribution in [0.3, 0.4) is 0 Å². The highest BCUT2D eigenvalue weighted by atomic mass is 16.6. The third-order valence-electron chi connectivity index (χ3n) is 6.20. The molecule has 0 bridgehead atoms. The summed E-state index contributed by atoms with van der Waals surface area (Å²) in [4.78, 5) is 30.1. The van der Waals surface area contributed by atoms with Crippen LogP contribution in [0, 0.1) is 6.92 Å². The first-order chi connectivity index (χ1) is 17.7. The highest BCUT2D eigenvalue weighted by Gasteiger charge is 2.27. The van der Waals surface area contributed by atoms with Crippen LogP contribution >= 0.6 is 0 Å². The van der Waals surface area contributed by atoms with Gasteiger partial charge in [-0.3, -0.25) is 0 Å². The Morgan fingerprint density at radius 1 is 1.03 bits per heavy atom. The fourth-order valence-electron chi connectivity index (χ4n) is 4.51. The molecule has 4 aromatic rings. The number of amides is 1. The second-order valence-corrected chi connectivity index (χ2v) is 10.2. The molecule has 9 nitrogen and oxygen atoms in total. The molecule has 0 radical (unpaired) electrons. The Hall–Kier alpha value is -3.98. The lowest BCUT2D eigenvalue weighted by molar-refractivity contribution is 0.0240. The molecular formula is C28H31N5O4. The summed E-state index contributed by atoms with van der Waals surface area (Å²) in [6, 6.07) is 13.6. The molecule has 3 heterocycles. The van der Waals surface area contributed by atoms with Gasteiger partial charge in [0.05, 0.1) is 12.0 Å². The average Bonchev–Trinajstić information content (AvgIpc) is 2.87. The van der Waals surface area contributed by atoms with Gasteiger partial charge in [0.1, 0.15) is 29.0 Å². The van der Waals surface area contributed by atoms with Crippen molar-refractivity contribution in [1.29, 1.82) is 0 Å². The molecular weight excluding hydrogens is 470 g/mol. The van der Waals surface area contributed by atoms with E-state index in [1.54, 1.807) is 4.90 Å². The molecule has 2 aromatic carbocycles. The van der Waals surface area contributed by atoms with E-state index in [4.69, 9.17) is 9.47 Å². The van der Waals surface area contributed by atoms with Gasteiger partial charge in [-0.05, 0) is 56.8 Å². The minimum absolute atomic E-state index is 0.0925. The lowest BCUT2D eigenvalue weighted by Crippen LogP contribution is -2.50. The van der Waals surface area contributed by atoms with E-state index in [0.717, 1.165) is 33.2 Å². The molecule has 2 aromatic heterocycles. The molecule has 9 heteroatoms. The fourth-order valence-corrected chi connectivity index (χ4v) is 4.51. The topological polar surface area (TPSA) is 101 Å². The zero-order chi connectivity index (χ0) is 26.2. The number of aromatic nitrogens is 3. The predicted octanol–water partition coefficient (Wildman–Crippen LogP) is 4.83. The number of aliphatic hydroxyl groups excluding tert-OH is 1. The standard InChI is InChI=1S/C28H31N5O4/c1-18-13-22-24(26(31-18)36-23-15-19(16-34)14-20-7-5-6-8-21(20)23)29-17-30-25(22)32-9-11-33(12-10-32)27(35)37-28(2,3)4/h5-8,13-15,17,34H,9-12,16H2,1-4H3. The maximum Gasteiger partial charge on any atom is 0.410 e. The van der Waals surface area contributed by atoms with Crippen molar-refractivity contribution in [2.45, 2.75) is 39.9 Å². The minimum Gasteiger partial charge on any atom is -0.444 e. The maximum absolute atomic E-state index is 12.5. The van der Waals surface area contributed by atoms with Crippen LogP contribution in [0.4, 0.5) is 10.6 Å². The number of carbonyl (C=O) groups is 1. The number of aryl methyl sites for hydroxylation is 1. The van der Waals surface area contributed by atoms with E-state index < -0.39 is 5.60 Å². The quantitative estimate of drug-likeness (QED) is 0.424. The van der Waals surface area contributed by atoms with Gasteiger partial charge >= 0.3 is 6.09 Å². The number of fused-ring (bicyclic) bond motifs is 2. The van der Waals surface area contributed by atoms with E-state index in [1.807, 2.05) is 70.2 Å². The summed E-state index contributed by atoms with van der Waals surface area (Å²) >= 11 is 0. The van der Waals surface area contributed by atoms with E-state index in [9.17, 15) is 9.90 Å². The number of piperazine rings is 1. The zero-order valence-corrected chi connectivity index (χ0v) is 21.6. The van der Waals surface area contributed by atoms with Gasteiger partial charge in [-0.25, -0.2) is 19.7 Å². The Morgan fingerprint density at radius 3 is 2.51 bits per heavy atom. The Balaban J connectivity index is 1.46. The van der Waals surface area contributed by atoms with Gasteiger partial charge in [-0.15, -0.1) is 0 Å². The summed E-state index contributed by atoms with van der Waals surface area (Å²) < 4.78 is 11.9. The van der Waals surface area contributed by atoms with Crippen LogP contribution in [-0.4, -0.2) is 62.8 Å². The Kier molecular flexibility index (Phi) is 6.55. The first-order valence-electron chi connectivity index (χ1n) is 12.4. The van der Waals surface area contributed by atoms with Crippen LogP contribution in [0.5, 0.6) is 11.6 Å². The molecule has 37 heavy (non-hydrogen) atoms. The molecule has 5 rings (SSSR count). The van der Waals surface area contributed by atoms with E-state index in [2.05, 4.69) is 19.9 Å². The van der Waals surface area contributed by atoms with Crippen LogP contribution in [0.25, 0.3) is 21.7 Å². The highest BCUT2D eigenvalue weighted by molar-refractivity contribution is 5.94. The highest BCUT2D eigenvalue weighted by Crippen LogP contribution is 2.35. The number of hydrogen-bond acceptors (Lipinski definition) is 8. The third-order valence-corrected chi connectivity index (χ3v) is 6.20. The molecule has 1 saturated heterocycles. The summed E-state index contributed by atoms with van der Waals surface area (Å²) in [5.41, 5.74) is 1.60. The Morgan fingerprint density at radius 2 is 1.78 bits per heavy atom. The minimum atomic E-state index is -0.528. The first kappa shape index (κ1) is 24.7. The van der Waals surface area contributed by atoms with Gasteiger partial charge in [-0.1, -0.05) is 24.3 Å². The van der Waals surface area contributed by atoms with Crippen molar-refractivity contribution in [3.8, 4) is 11.6 Å². The number of pyridine rings is 1. The summed E-state index contributed by atoms with van der Waals surface area (Å²) in [7, 11) is 0. The molecule has 0 aliphatic carbocycles. The Bertz CT molecular complexity index is 1460. The molecule has 192 valence electrons. The molecule has 1 N–H and O–H groups in total. The number of benzene rings is 2. The van der Waals surface area contributed by atoms with Crippen LogP contribution in [0.2, 0.25) is 0 Å². The molecule has 0 saturated carbocycles. The van der Waals surface area contributed by atoms with Crippen molar-refractivity contribution in [2.75, 3.05) is 31.1 Å². The van der Waals surface area contributed by atoms with Gasteiger partial charge in [0.15, 0.2) is 0 Å². The molecule has 1 fully saturated rings. The first-order valence-corrected chi connectivity index (χ1v) is 12.4. The second-order valence-electron chi connectivity index (χ2n) is 10.2. The van der Waals surface area contributed by atoms with Crippen molar-refractivity contribution in [1.82, 2.24) is 19.9 Å². The van der Waals surface area contributed by atoms with Crippen molar-refractivity contribution in [3.05, 3.63) is 60.0 Å². The SMILES string of the molecule is Cc1cc2c(N3CCN(C(=O)OC(C)(C)C)CC3)ncnc2c(Oc2cc(CO)cc3ccccc23)n1. The van der Waals surface area contributed by atoms with Gasteiger partial charge in [-0.2, -0.15) is 0 Å². The van der Waals surface area contributed by atoms with E-state index >= 15 is 0 Å². The number of anilines is 1. The van der Waals surface area contributed by atoms with E-state index in [-0.39, 0.29) is 12.7 Å². The zero-order valence-electron chi connectivity index (χ0n) is 21.6. The van der Waals surface area contributed by atoms with Crippen LogP contribution in [-0.2, 0) is 11.3 Å². The third kappa shape index (κ3) is 5.27. The summed E-state index contributed by atoms with van der Waals surface area (Å²) in [5, 5.41) is 12.5. The van der Waals surface area contributed by atoms with Gasteiger partial charge in [0.25, 0.3) is 0 Å². The number of ether oxygens (including phenoxy) is 2. The average molecular weight is 502 g/mol. The van der Waals surface area contributed by atoms with Gasteiger partial charge in [0, 0.05) is 37.3 Å². The number of aliphatic hydroxyl groups is 1. The maximum atomic E-state index is 12.5. The van der Waals surface area contributed by atoms with Crippen molar-refractivity contribution < 1.29 is 19.4 Å². The lowest BCUT2D eigenvalue weighted by Gasteiger charge is -2.36. The fraction of sp³-hybridized carbons (Fsp3) is 0.357. The molecule has 0 unspecified atom stereocenters. The molecule has 1 amide bonds. The predicted molar refractivity (Wildman–Crippen MR) is 142 cm³/mol. The lowest BCUT2D eigenvalue weighted by atomic mass is 10.1. The van der Waals surface area contributed by atoms with Crippen LogP contribution in [0.1, 0.15) is 32.0 Å². The molecule has 0 atom stereocenters. The van der Waals surface area contributed by atoms with Crippen molar-refractivity contribution >= 4 is 33.6 Å². The monoisotopic (exact) mass is 501 g/mol. The molecule has 1 aliphatic heterocycles. The summed E-state index contributed by atoms with van der Waals surface area (Å²) in [6.45, 7) is 9.73. The van der Waals surface area contributed by atoms with Crippen molar-refractivity contribution in [2.24, 2.45) is 0 Å². The normalized spacial score (nSPS) is 14.3. The van der Waals surface area contributed by atoms with E-state index in [0.29, 0.717) is 43.3 Å². The van der Waals surface area contributed by atoms with Crippen LogP contribution < -0.4 is 9.64 Å². The largest absolute Gasteiger partial charge is 0.444 e.